The molecule has 0 bridgehead atoms. The van der Waals surface area contributed by atoms with Gasteiger partial charge in [-0.15, -0.1) is 0 Å². The van der Waals surface area contributed by atoms with Crippen molar-refractivity contribution in [3.05, 3.63) is 33.1 Å². The van der Waals surface area contributed by atoms with Crippen LogP contribution in [0.5, 0.6) is 0 Å². The minimum atomic E-state index is -5.52. The van der Waals surface area contributed by atoms with Crippen LogP contribution in [0.1, 0.15) is 6.23 Å². The van der Waals surface area contributed by atoms with E-state index in [1.54, 1.807) is 0 Å². The topological polar surface area (TPSA) is 247 Å². The zero-order chi connectivity index (χ0) is 22.2. The number of aromatic amines is 1. The fourth-order valence-electron chi connectivity index (χ4n) is 2.20. The van der Waals surface area contributed by atoms with Crippen LogP contribution in [-0.2, 0) is 38.8 Å². The number of aliphatic hydroxyl groups is 2. The summed E-state index contributed by atoms with van der Waals surface area (Å²) in [6, 6.07) is 0.937. The first-order valence-corrected chi connectivity index (χ1v) is 12.8. The third-order valence-corrected chi connectivity index (χ3v) is 7.68. The average Bonchev–Trinajstić information content (AvgIpc) is 2.78. The lowest BCUT2D eigenvalue weighted by molar-refractivity contribution is -0.0542. The monoisotopic (exact) mass is 500 g/mol. The zero-order valence-corrected chi connectivity index (χ0v) is 17.3. The van der Waals surface area contributed by atoms with Gasteiger partial charge in [0.1, 0.15) is 18.3 Å². The Labute approximate surface area is 165 Å². The van der Waals surface area contributed by atoms with Crippen LogP contribution >= 0.6 is 22.4 Å². The van der Waals surface area contributed by atoms with Crippen LogP contribution in [0, 0.1) is 0 Å². The number of hydrogen-bond donors (Lipinski definition) is 7. The van der Waals surface area contributed by atoms with Gasteiger partial charge in [0.25, 0.3) is 5.56 Å². The SMILES string of the molecule is O=c1ccn([C@@H]2O[C@H](COP(=O)(O)OP(=O)(O)OP(O)(O)=S)[C@H](O)C2O)c(=O)[nH]1. The van der Waals surface area contributed by atoms with Gasteiger partial charge >= 0.3 is 28.1 Å². The van der Waals surface area contributed by atoms with Gasteiger partial charge in [0.15, 0.2) is 6.23 Å². The van der Waals surface area contributed by atoms with Crippen molar-refractivity contribution in [2.24, 2.45) is 0 Å². The van der Waals surface area contributed by atoms with Crippen molar-refractivity contribution < 1.29 is 56.8 Å². The number of nitrogens with one attached hydrogen (secondary N) is 1. The quantitative estimate of drug-likeness (QED) is 0.184. The summed E-state index contributed by atoms with van der Waals surface area (Å²) in [7, 11) is -10.9. The number of aliphatic hydroxyl groups excluding tert-OH is 2. The second kappa shape index (κ2) is 8.86. The number of H-pyrrole nitrogens is 1. The van der Waals surface area contributed by atoms with Gasteiger partial charge in [-0.25, -0.2) is 18.2 Å². The van der Waals surface area contributed by atoms with E-state index in [0.29, 0.717) is 0 Å². The maximum atomic E-state index is 11.8. The smallest absolute Gasteiger partial charge is 0.387 e. The number of ether oxygens (including phenoxy) is 1. The summed E-state index contributed by atoms with van der Waals surface area (Å²) in [5, 5.41) is 20.0. The van der Waals surface area contributed by atoms with E-state index >= 15 is 0 Å². The fraction of sp³-hybridized carbons (Fsp3) is 0.556. The van der Waals surface area contributed by atoms with Gasteiger partial charge in [-0.3, -0.25) is 18.9 Å². The van der Waals surface area contributed by atoms with Crippen LogP contribution in [0.15, 0.2) is 21.9 Å². The van der Waals surface area contributed by atoms with Crippen LogP contribution in [0.2, 0.25) is 0 Å². The van der Waals surface area contributed by atoms with E-state index in [1.807, 2.05) is 4.98 Å². The average molecular weight is 500 g/mol. The van der Waals surface area contributed by atoms with E-state index < -0.39 is 64.8 Å². The molecule has 29 heavy (non-hydrogen) atoms. The van der Waals surface area contributed by atoms with E-state index in [0.717, 1.165) is 16.8 Å². The van der Waals surface area contributed by atoms with E-state index in [1.165, 1.54) is 0 Å². The third-order valence-electron chi connectivity index (χ3n) is 3.28. The normalized spacial score (nSPS) is 29.3. The molecule has 0 aromatic carbocycles. The molecule has 6 atom stereocenters. The maximum Gasteiger partial charge on any atom is 0.488 e. The van der Waals surface area contributed by atoms with Crippen LogP contribution < -0.4 is 11.2 Å². The van der Waals surface area contributed by atoms with Crippen LogP contribution in [0.3, 0.4) is 0 Å². The molecule has 0 amide bonds. The largest absolute Gasteiger partial charge is 0.488 e. The van der Waals surface area contributed by atoms with E-state index in [9.17, 15) is 33.8 Å². The summed E-state index contributed by atoms with van der Waals surface area (Å²) >= 11 is 3.93. The molecular weight excluding hydrogens is 485 g/mol. The Morgan fingerprint density at radius 1 is 1.10 bits per heavy atom. The highest BCUT2D eigenvalue weighted by molar-refractivity contribution is 8.08. The van der Waals surface area contributed by atoms with Crippen molar-refractivity contribution >= 4 is 34.2 Å². The van der Waals surface area contributed by atoms with Crippen molar-refractivity contribution in [3.8, 4) is 0 Å². The lowest BCUT2D eigenvalue weighted by atomic mass is 10.1. The molecule has 1 aromatic heterocycles. The Morgan fingerprint density at radius 2 is 1.72 bits per heavy atom. The van der Waals surface area contributed by atoms with E-state index in [-0.39, 0.29) is 0 Å². The molecule has 3 unspecified atom stereocenters. The van der Waals surface area contributed by atoms with Gasteiger partial charge in [0.2, 0.25) is 0 Å². The van der Waals surface area contributed by atoms with Crippen molar-refractivity contribution in [2.45, 2.75) is 24.5 Å². The van der Waals surface area contributed by atoms with Crippen LogP contribution in [-0.4, -0.2) is 64.3 Å². The van der Waals surface area contributed by atoms with Gasteiger partial charge in [-0.1, -0.05) is 0 Å². The van der Waals surface area contributed by atoms with Gasteiger partial charge in [-0.05, 0) is 11.8 Å². The fourth-order valence-corrected chi connectivity index (χ4v) is 5.98. The van der Waals surface area contributed by atoms with Crippen molar-refractivity contribution in [3.63, 3.8) is 0 Å². The lowest BCUT2D eigenvalue weighted by Gasteiger charge is -2.19. The Hall–Kier alpha value is -0.610. The summed E-state index contributed by atoms with van der Waals surface area (Å²) in [5.41, 5.74) is -1.71. The molecule has 0 saturated carbocycles. The first kappa shape index (κ1) is 24.7. The van der Waals surface area contributed by atoms with Crippen LogP contribution in [0.25, 0.3) is 0 Å². The second-order valence-electron chi connectivity index (χ2n) is 5.45. The molecule has 2 rings (SSSR count). The molecule has 7 N–H and O–H groups in total. The lowest BCUT2D eigenvalue weighted by Crippen LogP contribution is -2.37. The number of phosphoric ester groups is 1. The second-order valence-corrected chi connectivity index (χ2v) is 11.3. The van der Waals surface area contributed by atoms with Crippen molar-refractivity contribution in [1.29, 1.82) is 0 Å². The predicted molar refractivity (Wildman–Crippen MR) is 93.7 cm³/mol. The molecule has 1 aliphatic rings. The van der Waals surface area contributed by atoms with Gasteiger partial charge in [0, 0.05) is 12.3 Å². The number of aromatic nitrogens is 2. The summed E-state index contributed by atoms with van der Waals surface area (Å²) < 4.78 is 40.9. The van der Waals surface area contributed by atoms with Crippen molar-refractivity contribution in [1.82, 2.24) is 9.55 Å². The molecule has 16 nitrogen and oxygen atoms in total. The molecule has 20 heteroatoms. The Balaban J connectivity index is 2.06. The molecule has 2 heterocycles. The first-order chi connectivity index (χ1) is 13.1. The van der Waals surface area contributed by atoms with E-state index in [2.05, 4.69) is 25.0 Å². The molecule has 1 aromatic rings. The highest BCUT2D eigenvalue weighted by Gasteiger charge is 2.46. The Morgan fingerprint density at radius 3 is 2.28 bits per heavy atom. The number of rotatable bonds is 8. The molecular formula is C9H15N2O14P3S. The Kier molecular flexibility index (Phi) is 7.54. The molecule has 1 aliphatic heterocycles. The van der Waals surface area contributed by atoms with Crippen molar-refractivity contribution in [2.75, 3.05) is 6.61 Å². The predicted octanol–water partition coefficient (Wildman–Crippen LogP) is -2.38. The third kappa shape index (κ3) is 6.95. The summed E-state index contributed by atoms with van der Waals surface area (Å²) in [6.07, 6.45) is -5.55. The van der Waals surface area contributed by atoms with Gasteiger partial charge < -0.3 is 34.5 Å². The number of hydrogen-bond acceptors (Lipinski definition) is 11. The highest BCUT2D eigenvalue weighted by atomic mass is 32.5. The number of phosphoric acid groups is 2. The van der Waals surface area contributed by atoms with Gasteiger partial charge in [-0.2, -0.15) is 4.31 Å². The molecule has 0 aliphatic carbocycles. The number of nitrogens with zero attached hydrogens (tertiary/aromatic N) is 1. The summed E-state index contributed by atoms with van der Waals surface area (Å²) in [5.74, 6) is 0. The minimum Gasteiger partial charge on any atom is -0.387 e. The van der Waals surface area contributed by atoms with Gasteiger partial charge in [0.05, 0.1) is 6.61 Å². The summed E-state index contributed by atoms with van der Waals surface area (Å²) in [4.78, 5) is 60.9. The molecule has 1 saturated heterocycles. The first-order valence-electron chi connectivity index (χ1n) is 7.22. The molecule has 166 valence electrons. The molecule has 0 spiro atoms. The van der Waals surface area contributed by atoms with Crippen LogP contribution in [0.4, 0.5) is 0 Å². The zero-order valence-electron chi connectivity index (χ0n) is 13.8. The molecule has 1 fully saturated rings. The maximum absolute atomic E-state index is 11.8. The Bertz CT molecular complexity index is 1000. The van der Waals surface area contributed by atoms with E-state index in [4.69, 9.17) is 19.4 Å². The summed E-state index contributed by atoms with van der Waals surface area (Å²) in [6.45, 7) is -5.72. The standard InChI is InChI=1S/C9H15N2O14P3S/c12-5-1-2-11(9(15)10-5)8-7(14)6(13)4(23-8)3-22-26(16,17)24-27(18,19)25-28(20,21)29/h1-2,4,6-8,13-14H,3H2,(H,16,17)(H,18,19)(H,10,12,15)(H2,20,21,29)/t4-,6+,7?,8-/m1/s1. The minimum absolute atomic E-state index is 0.732. The molecule has 0 radical (unpaired) electrons. The highest BCUT2D eigenvalue weighted by Crippen LogP contribution is 2.66.